The second-order valence-electron chi connectivity index (χ2n) is 11.2. The van der Waals surface area contributed by atoms with Gasteiger partial charge < -0.3 is 30.5 Å². The van der Waals surface area contributed by atoms with Gasteiger partial charge in [0.1, 0.15) is 24.3 Å². The summed E-state index contributed by atoms with van der Waals surface area (Å²) in [6, 6.07) is 8.00. The van der Waals surface area contributed by atoms with E-state index < -0.39 is 6.10 Å². The van der Waals surface area contributed by atoms with E-state index >= 15 is 0 Å². The number of nitrogens with zero attached hydrogens (tertiary/aromatic N) is 2. The molecule has 1 aromatic carbocycles. The lowest BCUT2D eigenvalue weighted by atomic mass is 9.81. The molecule has 36 heavy (non-hydrogen) atoms. The minimum absolute atomic E-state index is 0.0556. The summed E-state index contributed by atoms with van der Waals surface area (Å²) in [5.41, 5.74) is 3.91. The first-order valence-corrected chi connectivity index (χ1v) is 12.9. The van der Waals surface area contributed by atoms with Crippen LogP contribution in [0.1, 0.15) is 51.8 Å². The maximum Gasteiger partial charge on any atom is 0.162 e. The summed E-state index contributed by atoms with van der Waals surface area (Å²) in [6.07, 6.45) is 3.54. The second-order valence-corrected chi connectivity index (χ2v) is 11.2. The third-order valence-electron chi connectivity index (χ3n) is 6.52. The number of anilines is 1. The molecule has 0 saturated carbocycles. The van der Waals surface area contributed by atoms with Gasteiger partial charge in [-0.25, -0.2) is 9.97 Å². The van der Waals surface area contributed by atoms with Gasteiger partial charge in [-0.15, -0.1) is 0 Å². The number of nitrogens with one attached hydrogen (secondary N) is 3. The van der Waals surface area contributed by atoms with Gasteiger partial charge in [0.05, 0.1) is 18.3 Å². The van der Waals surface area contributed by atoms with Crippen molar-refractivity contribution in [1.82, 2.24) is 20.6 Å². The lowest BCUT2D eigenvalue weighted by Crippen LogP contribution is -2.53. The molecular weight excluding hydrogens is 454 g/mol. The molecule has 1 aromatic heterocycles. The highest BCUT2D eigenvalue weighted by Crippen LogP contribution is 2.37. The van der Waals surface area contributed by atoms with Crippen molar-refractivity contribution >= 4 is 11.4 Å². The Morgan fingerprint density at radius 2 is 2.06 bits per heavy atom. The van der Waals surface area contributed by atoms with Crippen LogP contribution < -0.4 is 20.7 Å². The van der Waals surface area contributed by atoms with Crippen LogP contribution in [0.15, 0.2) is 30.3 Å². The first kappa shape index (κ1) is 26.5. The normalized spacial score (nSPS) is 21.6. The van der Waals surface area contributed by atoms with Crippen molar-refractivity contribution in [2.75, 3.05) is 38.7 Å². The van der Waals surface area contributed by atoms with Crippen LogP contribution in [-0.2, 0) is 4.74 Å². The van der Waals surface area contributed by atoms with Gasteiger partial charge in [-0.1, -0.05) is 18.2 Å². The highest BCUT2D eigenvalue weighted by molar-refractivity contribution is 5.74. The van der Waals surface area contributed by atoms with Gasteiger partial charge in [0.15, 0.2) is 5.82 Å². The standard InChI is InChI=1S/C28H41N5O3/c1-18-24(20-13-27(2,3)33-28(4,5)14-20)31-26(32-25(18)30-21-10-11-35-16-21)19-8-7-9-23(12-19)36-17-22(34)15-29-6/h7-9,12-13,21-22,29,33-34H,10-11,14-17H2,1-6H3,(H,30,31,32)/t21-,22?/m1/s1. The number of hydrogen-bond donors (Lipinski definition) is 4. The first-order valence-electron chi connectivity index (χ1n) is 12.9. The number of rotatable bonds is 9. The van der Waals surface area contributed by atoms with E-state index in [1.807, 2.05) is 24.3 Å². The monoisotopic (exact) mass is 495 g/mol. The molecule has 0 bridgehead atoms. The smallest absolute Gasteiger partial charge is 0.162 e. The van der Waals surface area contributed by atoms with E-state index in [-0.39, 0.29) is 23.7 Å². The minimum atomic E-state index is -0.580. The van der Waals surface area contributed by atoms with Gasteiger partial charge >= 0.3 is 0 Å². The van der Waals surface area contributed by atoms with Gasteiger partial charge in [0.25, 0.3) is 0 Å². The van der Waals surface area contributed by atoms with Crippen molar-refractivity contribution in [2.45, 2.75) is 70.7 Å². The Kier molecular flexibility index (Phi) is 7.99. The van der Waals surface area contributed by atoms with E-state index in [9.17, 15) is 5.11 Å². The van der Waals surface area contributed by atoms with Crippen LogP contribution in [0.3, 0.4) is 0 Å². The van der Waals surface area contributed by atoms with Crippen LogP contribution in [0.2, 0.25) is 0 Å². The molecule has 4 N–H and O–H groups in total. The van der Waals surface area contributed by atoms with Gasteiger partial charge in [-0.05, 0) is 72.2 Å². The number of aromatic nitrogens is 2. The Morgan fingerprint density at radius 1 is 1.25 bits per heavy atom. The van der Waals surface area contributed by atoms with Crippen molar-refractivity contribution in [3.8, 4) is 17.1 Å². The topological polar surface area (TPSA) is 101 Å². The molecule has 0 radical (unpaired) electrons. The van der Waals surface area contributed by atoms with Crippen LogP contribution >= 0.6 is 0 Å². The van der Waals surface area contributed by atoms with Crippen LogP contribution in [0, 0.1) is 6.92 Å². The van der Waals surface area contributed by atoms with E-state index in [1.54, 1.807) is 7.05 Å². The molecule has 1 saturated heterocycles. The average molecular weight is 496 g/mol. The molecule has 8 nitrogen and oxygen atoms in total. The van der Waals surface area contributed by atoms with Crippen LogP contribution in [0.25, 0.3) is 17.0 Å². The largest absolute Gasteiger partial charge is 0.491 e. The molecule has 8 heteroatoms. The van der Waals surface area contributed by atoms with E-state index in [1.165, 1.54) is 5.57 Å². The molecule has 3 heterocycles. The Morgan fingerprint density at radius 3 is 2.75 bits per heavy atom. The molecule has 2 aliphatic rings. The summed E-state index contributed by atoms with van der Waals surface area (Å²) >= 11 is 0. The predicted octanol–water partition coefficient (Wildman–Crippen LogP) is 3.55. The molecule has 2 aliphatic heterocycles. The number of hydrogen-bond acceptors (Lipinski definition) is 8. The lowest BCUT2D eigenvalue weighted by Gasteiger charge is -2.41. The molecule has 0 spiro atoms. The Labute approximate surface area is 214 Å². The van der Waals surface area contributed by atoms with Crippen LogP contribution in [0.4, 0.5) is 5.82 Å². The van der Waals surface area contributed by atoms with Crippen LogP contribution in [0.5, 0.6) is 5.75 Å². The molecule has 196 valence electrons. The zero-order valence-electron chi connectivity index (χ0n) is 22.4. The first-order chi connectivity index (χ1) is 17.0. The third-order valence-corrected chi connectivity index (χ3v) is 6.52. The van der Waals surface area contributed by atoms with Crippen molar-refractivity contribution in [2.24, 2.45) is 0 Å². The summed E-state index contributed by atoms with van der Waals surface area (Å²) in [5.74, 6) is 2.17. The van der Waals surface area contributed by atoms with E-state index in [4.69, 9.17) is 19.4 Å². The van der Waals surface area contributed by atoms with Gasteiger partial charge in [0.2, 0.25) is 0 Å². The molecule has 2 atom stereocenters. The average Bonchev–Trinajstić information content (AvgIpc) is 3.30. The van der Waals surface area contributed by atoms with E-state index in [0.29, 0.717) is 24.7 Å². The highest BCUT2D eigenvalue weighted by atomic mass is 16.5. The summed E-state index contributed by atoms with van der Waals surface area (Å²) in [6.45, 7) is 13.1. The Bertz CT molecular complexity index is 1090. The van der Waals surface area contributed by atoms with Crippen LogP contribution in [-0.4, -0.2) is 71.7 Å². The fourth-order valence-electron chi connectivity index (χ4n) is 5.22. The quantitative estimate of drug-likeness (QED) is 0.419. The molecular formula is C28H41N5O3. The molecule has 0 aliphatic carbocycles. The minimum Gasteiger partial charge on any atom is -0.491 e. The summed E-state index contributed by atoms with van der Waals surface area (Å²) < 4.78 is 11.4. The van der Waals surface area contributed by atoms with E-state index in [2.05, 4.69) is 56.6 Å². The third kappa shape index (κ3) is 6.62. The number of likely N-dealkylation sites (N-methyl/N-ethyl adjacent to an activating group) is 1. The zero-order chi connectivity index (χ0) is 25.9. The van der Waals surface area contributed by atoms with Gasteiger partial charge in [0, 0.05) is 35.4 Å². The molecule has 4 rings (SSSR count). The summed E-state index contributed by atoms with van der Waals surface area (Å²) in [7, 11) is 1.81. The van der Waals surface area contributed by atoms with Gasteiger partial charge in [-0.3, -0.25) is 0 Å². The second kappa shape index (κ2) is 10.8. The molecule has 1 unspecified atom stereocenters. The SMILES string of the molecule is CNCC(O)COc1cccc(-c2nc(N[C@@H]3CCOC3)c(C)c(C3=CC(C)(C)NC(C)(C)C3)n2)c1. The van der Waals surface area contributed by atoms with Crippen molar-refractivity contribution in [3.63, 3.8) is 0 Å². The maximum absolute atomic E-state index is 10.0. The predicted molar refractivity (Wildman–Crippen MR) is 144 cm³/mol. The lowest BCUT2D eigenvalue weighted by molar-refractivity contribution is 0.108. The number of aliphatic hydroxyl groups excluding tert-OH is 1. The van der Waals surface area contributed by atoms with Crippen molar-refractivity contribution in [1.29, 1.82) is 0 Å². The Hall–Kier alpha value is -2.52. The maximum atomic E-state index is 10.0. The fraction of sp³-hybridized carbons (Fsp3) is 0.571. The molecule has 0 amide bonds. The van der Waals surface area contributed by atoms with Gasteiger partial charge in [-0.2, -0.15) is 0 Å². The van der Waals surface area contributed by atoms with Crippen molar-refractivity contribution < 1.29 is 14.6 Å². The fourth-order valence-corrected chi connectivity index (χ4v) is 5.22. The zero-order valence-corrected chi connectivity index (χ0v) is 22.4. The summed E-state index contributed by atoms with van der Waals surface area (Å²) in [4.78, 5) is 10.1. The highest BCUT2D eigenvalue weighted by Gasteiger charge is 2.34. The van der Waals surface area contributed by atoms with E-state index in [0.717, 1.165) is 42.1 Å². The number of ether oxygens (including phenoxy) is 2. The summed E-state index contributed by atoms with van der Waals surface area (Å²) in [5, 5.41) is 20.3. The number of benzene rings is 1. The van der Waals surface area contributed by atoms with Crippen molar-refractivity contribution in [3.05, 3.63) is 41.6 Å². The molecule has 2 aromatic rings. The Balaban J connectivity index is 1.73. The number of aliphatic hydroxyl groups is 1. The molecule has 1 fully saturated rings.